The van der Waals surface area contributed by atoms with E-state index in [4.69, 9.17) is 9.47 Å². The van der Waals surface area contributed by atoms with Crippen LogP contribution in [0.3, 0.4) is 0 Å². The summed E-state index contributed by atoms with van der Waals surface area (Å²) in [5, 5.41) is 0. The standard InChI is InChI=1S/C21H21FO4/c1-4-25-21(24)17(20(23)14(2)3)12-15-10-11-18(22)19(13-15)26-16-8-6-5-7-9-16/h5-14H,4H2,1-3H3. The van der Waals surface area contributed by atoms with E-state index in [1.165, 1.54) is 24.3 Å². The van der Waals surface area contributed by atoms with Gasteiger partial charge in [-0.05, 0) is 42.8 Å². The predicted octanol–water partition coefficient (Wildman–Crippen LogP) is 4.79. The van der Waals surface area contributed by atoms with Gasteiger partial charge in [0.1, 0.15) is 11.3 Å². The van der Waals surface area contributed by atoms with Crippen LogP contribution in [0.1, 0.15) is 26.3 Å². The maximum atomic E-state index is 14.1. The van der Waals surface area contributed by atoms with Gasteiger partial charge in [-0.1, -0.05) is 38.1 Å². The first kappa shape index (κ1) is 19.4. The molecule has 5 heteroatoms. The number of carbonyl (C=O) groups excluding carboxylic acids is 2. The molecule has 0 fully saturated rings. The first-order valence-corrected chi connectivity index (χ1v) is 8.37. The molecule has 0 amide bonds. The molecule has 26 heavy (non-hydrogen) atoms. The molecule has 0 N–H and O–H groups in total. The first-order valence-electron chi connectivity index (χ1n) is 8.37. The first-order chi connectivity index (χ1) is 12.4. The molecule has 0 heterocycles. The van der Waals surface area contributed by atoms with Crippen LogP contribution in [0.5, 0.6) is 11.5 Å². The molecule has 2 rings (SSSR count). The number of para-hydroxylation sites is 1. The van der Waals surface area contributed by atoms with Crippen molar-refractivity contribution in [2.24, 2.45) is 5.92 Å². The minimum atomic E-state index is -0.693. The number of halogens is 1. The molecule has 0 aromatic heterocycles. The van der Waals surface area contributed by atoms with Gasteiger partial charge in [0.2, 0.25) is 0 Å². The predicted molar refractivity (Wildman–Crippen MR) is 97.4 cm³/mol. The number of ketones is 1. The number of ether oxygens (including phenoxy) is 2. The largest absolute Gasteiger partial charge is 0.462 e. The lowest BCUT2D eigenvalue weighted by molar-refractivity contribution is -0.140. The van der Waals surface area contributed by atoms with Gasteiger partial charge >= 0.3 is 5.97 Å². The van der Waals surface area contributed by atoms with Crippen LogP contribution < -0.4 is 4.74 Å². The molecule has 2 aromatic rings. The molecule has 0 aliphatic heterocycles. The molecule has 4 nitrogen and oxygen atoms in total. The zero-order chi connectivity index (χ0) is 19.1. The summed E-state index contributed by atoms with van der Waals surface area (Å²) < 4.78 is 24.6. The smallest absolute Gasteiger partial charge is 0.341 e. The van der Waals surface area contributed by atoms with Gasteiger partial charge in [-0.25, -0.2) is 9.18 Å². The number of carbonyl (C=O) groups is 2. The topological polar surface area (TPSA) is 52.6 Å². The van der Waals surface area contributed by atoms with Crippen LogP contribution in [-0.4, -0.2) is 18.4 Å². The van der Waals surface area contributed by atoms with Crippen molar-refractivity contribution >= 4 is 17.8 Å². The van der Waals surface area contributed by atoms with Gasteiger partial charge in [-0.2, -0.15) is 0 Å². The Bertz CT molecular complexity index is 810. The third-order valence-corrected chi connectivity index (χ3v) is 3.52. The molecule has 0 saturated carbocycles. The average molecular weight is 356 g/mol. The minimum Gasteiger partial charge on any atom is -0.462 e. The van der Waals surface area contributed by atoms with Crippen molar-refractivity contribution in [2.45, 2.75) is 20.8 Å². The summed E-state index contributed by atoms with van der Waals surface area (Å²) in [5.41, 5.74) is 0.397. The molecule has 0 saturated heterocycles. The fourth-order valence-electron chi connectivity index (χ4n) is 2.22. The zero-order valence-electron chi connectivity index (χ0n) is 15.0. The number of rotatable bonds is 7. The Morgan fingerprint density at radius 2 is 1.81 bits per heavy atom. The normalized spacial score (nSPS) is 11.3. The second-order valence-corrected chi connectivity index (χ2v) is 5.90. The summed E-state index contributed by atoms with van der Waals surface area (Å²) in [7, 11) is 0. The van der Waals surface area contributed by atoms with Crippen molar-refractivity contribution in [3.8, 4) is 11.5 Å². The van der Waals surface area contributed by atoms with Gasteiger partial charge in [0, 0.05) is 5.92 Å². The maximum Gasteiger partial charge on any atom is 0.341 e. The zero-order valence-corrected chi connectivity index (χ0v) is 15.0. The van der Waals surface area contributed by atoms with Gasteiger partial charge in [-0.3, -0.25) is 4.79 Å². The summed E-state index contributed by atoms with van der Waals surface area (Å²) in [6, 6.07) is 12.9. The van der Waals surface area contributed by atoms with E-state index in [1.54, 1.807) is 45.0 Å². The lowest BCUT2D eigenvalue weighted by atomic mass is 9.99. The van der Waals surface area contributed by atoms with Gasteiger partial charge in [0.15, 0.2) is 17.3 Å². The van der Waals surface area contributed by atoms with Crippen molar-refractivity contribution in [1.29, 1.82) is 0 Å². The van der Waals surface area contributed by atoms with Crippen LogP contribution in [0.2, 0.25) is 0 Å². The lowest BCUT2D eigenvalue weighted by Gasteiger charge is -2.10. The van der Waals surface area contributed by atoms with E-state index < -0.39 is 11.8 Å². The van der Waals surface area contributed by atoms with Gasteiger partial charge in [0.25, 0.3) is 0 Å². The summed E-state index contributed by atoms with van der Waals surface area (Å²) in [6.45, 7) is 5.22. The maximum absolute atomic E-state index is 14.1. The summed E-state index contributed by atoms with van der Waals surface area (Å²) >= 11 is 0. The lowest BCUT2D eigenvalue weighted by Crippen LogP contribution is -2.19. The van der Waals surface area contributed by atoms with Crippen LogP contribution >= 0.6 is 0 Å². The van der Waals surface area contributed by atoms with Gasteiger partial charge in [0.05, 0.1) is 6.61 Å². The number of Topliss-reactive ketones (excluding diaryl/α,β-unsaturated/α-hetero) is 1. The molecule has 0 atom stereocenters. The van der Waals surface area contributed by atoms with Gasteiger partial charge < -0.3 is 9.47 Å². The number of hydrogen-bond donors (Lipinski definition) is 0. The Hall–Kier alpha value is -2.95. The monoisotopic (exact) mass is 356 g/mol. The third kappa shape index (κ3) is 5.02. The molecule has 0 unspecified atom stereocenters. The Morgan fingerprint density at radius 3 is 2.42 bits per heavy atom. The molecule has 0 bridgehead atoms. The Labute approximate surface area is 152 Å². The van der Waals surface area contributed by atoms with E-state index in [2.05, 4.69) is 0 Å². The summed E-state index contributed by atoms with van der Waals surface area (Å²) in [5.74, 6) is -1.45. The van der Waals surface area contributed by atoms with E-state index in [1.807, 2.05) is 6.07 Å². The number of benzene rings is 2. The van der Waals surface area contributed by atoms with Crippen LogP contribution in [0.4, 0.5) is 4.39 Å². The van der Waals surface area contributed by atoms with Crippen molar-refractivity contribution in [3.63, 3.8) is 0 Å². The third-order valence-electron chi connectivity index (χ3n) is 3.52. The molecule has 0 aliphatic carbocycles. The van der Waals surface area contributed by atoms with E-state index in [-0.39, 0.29) is 29.6 Å². The molecule has 0 radical (unpaired) electrons. The fraction of sp³-hybridized carbons (Fsp3) is 0.238. The van der Waals surface area contributed by atoms with E-state index in [9.17, 15) is 14.0 Å². The van der Waals surface area contributed by atoms with Crippen LogP contribution in [0.25, 0.3) is 6.08 Å². The average Bonchev–Trinajstić information content (AvgIpc) is 2.62. The van der Waals surface area contributed by atoms with Crippen molar-refractivity contribution in [2.75, 3.05) is 6.61 Å². The number of esters is 1. The number of hydrogen-bond acceptors (Lipinski definition) is 4. The molecule has 2 aromatic carbocycles. The molecule has 0 aliphatic rings. The quantitative estimate of drug-likeness (QED) is 0.310. The molecule has 0 spiro atoms. The van der Waals surface area contributed by atoms with Crippen molar-refractivity contribution in [1.82, 2.24) is 0 Å². The second-order valence-electron chi connectivity index (χ2n) is 5.90. The van der Waals surface area contributed by atoms with E-state index in [0.717, 1.165) is 0 Å². The Balaban J connectivity index is 2.38. The van der Waals surface area contributed by atoms with Crippen LogP contribution in [0.15, 0.2) is 54.1 Å². The van der Waals surface area contributed by atoms with Crippen molar-refractivity contribution in [3.05, 3.63) is 65.5 Å². The highest BCUT2D eigenvalue weighted by atomic mass is 19.1. The molecule has 136 valence electrons. The minimum absolute atomic E-state index is 0.00477. The highest BCUT2D eigenvalue weighted by Gasteiger charge is 2.22. The van der Waals surface area contributed by atoms with Crippen LogP contribution in [-0.2, 0) is 14.3 Å². The van der Waals surface area contributed by atoms with Gasteiger partial charge in [-0.15, -0.1) is 0 Å². The summed E-state index contributed by atoms with van der Waals surface area (Å²) in [4.78, 5) is 24.5. The fourth-order valence-corrected chi connectivity index (χ4v) is 2.22. The Morgan fingerprint density at radius 1 is 1.12 bits per heavy atom. The second kappa shape index (κ2) is 8.94. The van der Waals surface area contributed by atoms with E-state index in [0.29, 0.717) is 11.3 Å². The van der Waals surface area contributed by atoms with Crippen molar-refractivity contribution < 1.29 is 23.5 Å². The SMILES string of the molecule is CCOC(=O)C(=Cc1ccc(F)c(Oc2ccccc2)c1)C(=O)C(C)C. The van der Waals surface area contributed by atoms with Crippen LogP contribution in [0, 0.1) is 11.7 Å². The highest BCUT2D eigenvalue weighted by Crippen LogP contribution is 2.26. The molecular formula is C21H21FO4. The molecular weight excluding hydrogens is 335 g/mol. The van der Waals surface area contributed by atoms with E-state index >= 15 is 0 Å². The summed E-state index contributed by atoms with van der Waals surface area (Å²) in [6.07, 6.45) is 1.40. The highest BCUT2D eigenvalue weighted by molar-refractivity contribution is 6.21. The Kier molecular flexibility index (Phi) is 6.67.